The van der Waals surface area contributed by atoms with Crippen LogP contribution in [-0.2, 0) is 0 Å². The highest BCUT2D eigenvalue weighted by Gasteiger charge is 2.18. The number of fused-ring (bicyclic) bond motifs is 1. The number of aromatic nitrogens is 3. The summed E-state index contributed by atoms with van der Waals surface area (Å²) in [6.45, 7) is 3.76. The van der Waals surface area contributed by atoms with Gasteiger partial charge in [0, 0.05) is 18.8 Å². The molecular weight excluding hydrogens is 354 g/mol. The Morgan fingerprint density at radius 2 is 1.93 bits per heavy atom. The molecule has 1 atom stereocenters. The van der Waals surface area contributed by atoms with Crippen LogP contribution in [0, 0.1) is 6.92 Å². The zero-order valence-electron chi connectivity index (χ0n) is 16.0. The van der Waals surface area contributed by atoms with E-state index < -0.39 is 0 Å². The normalized spacial score (nSPS) is 12.1. The van der Waals surface area contributed by atoms with Gasteiger partial charge in [-0.05, 0) is 43.7 Å². The number of hydrogen-bond acceptors (Lipinski definition) is 4. The second-order valence-corrected chi connectivity index (χ2v) is 6.73. The molecule has 0 aliphatic heterocycles. The smallest absolute Gasteiger partial charge is 0.323 e. The molecule has 7 heteroatoms. The molecule has 1 N–H and O–H groups in total. The number of para-hydroxylation sites is 2. The van der Waals surface area contributed by atoms with Gasteiger partial charge in [-0.2, -0.15) is 0 Å². The van der Waals surface area contributed by atoms with E-state index in [4.69, 9.17) is 4.52 Å². The van der Waals surface area contributed by atoms with Gasteiger partial charge in [0.05, 0.1) is 17.1 Å². The summed E-state index contributed by atoms with van der Waals surface area (Å²) < 4.78 is 7.03. The number of nitrogens with one attached hydrogen (secondary N) is 1. The minimum absolute atomic E-state index is 0.110. The predicted octanol–water partition coefficient (Wildman–Crippen LogP) is 4.55. The first-order valence-electron chi connectivity index (χ1n) is 9.02. The standard InChI is InChI=1S/C21H21N5O2/c1-14-12-20(24-28-14)23-21(27)25(3)15(2)16-8-10-17(11-9-16)26-13-22-18-6-4-5-7-19(18)26/h4-13,15H,1-3H3,(H,23,24,27). The Hall–Kier alpha value is -3.61. The van der Waals surface area contributed by atoms with Crippen LogP contribution in [0.2, 0.25) is 0 Å². The Labute approximate surface area is 162 Å². The van der Waals surface area contributed by atoms with Crippen LogP contribution in [0.4, 0.5) is 10.6 Å². The third-order valence-corrected chi connectivity index (χ3v) is 4.87. The van der Waals surface area contributed by atoms with Crippen molar-refractivity contribution in [1.82, 2.24) is 19.6 Å². The van der Waals surface area contributed by atoms with E-state index in [9.17, 15) is 4.79 Å². The van der Waals surface area contributed by atoms with Crippen LogP contribution in [0.5, 0.6) is 0 Å². The fraction of sp³-hybridized carbons (Fsp3) is 0.190. The van der Waals surface area contributed by atoms with Crippen LogP contribution >= 0.6 is 0 Å². The van der Waals surface area contributed by atoms with Crippen LogP contribution in [0.3, 0.4) is 0 Å². The molecule has 0 saturated heterocycles. The Morgan fingerprint density at radius 1 is 1.18 bits per heavy atom. The molecule has 4 aromatic rings. The molecule has 2 aromatic carbocycles. The topological polar surface area (TPSA) is 76.2 Å². The molecule has 0 aliphatic carbocycles. The lowest BCUT2D eigenvalue weighted by Gasteiger charge is -2.25. The number of carbonyl (C=O) groups is 1. The second-order valence-electron chi connectivity index (χ2n) is 6.73. The number of nitrogens with zero attached hydrogens (tertiary/aromatic N) is 4. The van der Waals surface area contributed by atoms with Crippen molar-refractivity contribution in [1.29, 1.82) is 0 Å². The molecule has 1 unspecified atom stereocenters. The molecular formula is C21H21N5O2. The van der Waals surface area contributed by atoms with Crippen molar-refractivity contribution in [3.63, 3.8) is 0 Å². The zero-order chi connectivity index (χ0) is 19.7. The van der Waals surface area contributed by atoms with E-state index in [2.05, 4.69) is 15.5 Å². The van der Waals surface area contributed by atoms with Crippen LogP contribution in [-0.4, -0.2) is 32.7 Å². The lowest BCUT2D eigenvalue weighted by Crippen LogP contribution is -2.33. The van der Waals surface area contributed by atoms with E-state index in [1.165, 1.54) is 0 Å². The first-order valence-corrected chi connectivity index (χ1v) is 9.02. The molecule has 0 bridgehead atoms. The van der Waals surface area contributed by atoms with E-state index >= 15 is 0 Å². The molecule has 0 aliphatic rings. The highest BCUT2D eigenvalue weighted by atomic mass is 16.5. The maximum atomic E-state index is 12.5. The van der Waals surface area contributed by atoms with Crippen LogP contribution < -0.4 is 5.32 Å². The summed E-state index contributed by atoms with van der Waals surface area (Å²) in [5.74, 6) is 1.05. The number of carbonyl (C=O) groups excluding carboxylic acids is 1. The SMILES string of the molecule is Cc1cc(NC(=O)N(C)C(C)c2ccc(-n3cnc4ccccc43)cc2)no1. The summed E-state index contributed by atoms with van der Waals surface area (Å²) in [6.07, 6.45) is 1.82. The first-order chi connectivity index (χ1) is 13.5. The summed E-state index contributed by atoms with van der Waals surface area (Å²) in [5.41, 5.74) is 4.07. The molecule has 2 aromatic heterocycles. The average Bonchev–Trinajstić information content (AvgIpc) is 3.33. The van der Waals surface area contributed by atoms with E-state index in [0.29, 0.717) is 11.6 Å². The van der Waals surface area contributed by atoms with Crippen molar-refractivity contribution in [3.8, 4) is 5.69 Å². The molecule has 0 radical (unpaired) electrons. The molecule has 2 amide bonds. The third-order valence-electron chi connectivity index (χ3n) is 4.87. The summed E-state index contributed by atoms with van der Waals surface area (Å²) in [7, 11) is 1.75. The Kier molecular flexibility index (Phi) is 4.57. The number of urea groups is 1. The summed E-state index contributed by atoms with van der Waals surface area (Å²) in [5, 5.41) is 6.53. The summed E-state index contributed by atoms with van der Waals surface area (Å²) >= 11 is 0. The number of anilines is 1. The molecule has 28 heavy (non-hydrogen) atoms. The Balaban J connectivity index is 1.50. The maximum absolute atomic E-state index is 12.5. The van der Waals surface area contributed by atoms with Gasteiger partial charge >= 0.3 is 6.03 Å². The molecule has 2 heterocycles. The quantitative estimate of drug-likeness (QED) is 0.568. The summed E-state index contributed by atoms with van der Waals surface area (Å²) in [6, 6.07) is 17.5. The fourth-order valence-corrected chi connectivity index (χ4v) is 3.10. The van der Waals surface area contributed by atoms with Crippen LogP contribution in [0.1, 0.15) is 24.3 Å². The van der Waals surface area contributed by atoms with Gasteiger partial charge < -0.3 is 9.42 Å². The number of amides is 2. The van der Waals surface area contributed by atoms with Gasteiger partial charge in [-0.15, -0.1) is 0 Å². The van der Waals surface area contributed by atoms with Gasteiger partial charge in [-0.25, -0.2) is 9.78 Å². The maximum Gasteiger partial charge on any atom is 0.323 e. The minimum atomic E-state index is -0.245. The zero-order valence-corrected chi connectivity index (χ0v) is 16.0. The number of imidazole rings is 1. The monoisotopic (exact) mass is 375 g/mol. The Bertz CT molecular complexity index is 1110. The highest BCUT2D eigenvalue weighted by Crippen LogP contribution is 2.23. The lowest BCUT2D eigenvalue weighted by molar-refractivity contribution is 0.208. The predicted molar refractivity (Wildman–Crippen MR) is 108 cm³/mol. The van der Waals surface area contributed by atoms with Crippen LogP contribution in [0.25, 0.3) is 16.7 Å². The number of hydrogen-bond donors (Lipinski definition) is 1. The average molecular weight is 375 g/mol. The second kappa shape index (κ2) is 7.19. The van der Waals surface area contributed by atoms with Crippen molar-refractivity contribution in [2.75, 3.05) is 12.4 Å². The molecule has 0 fully saturated rings. The van der Waals surface area contributed by atoms with Crippen molar-refractivity contribution in [2.24, 2.45) is 0 Å². The van der Waals surface area contributed by atoms with E-state index in [-0.39, 0.29) is 12.1 Å². The largest absolute Gasteiger partial charge is 0.360 e. The first kappa shape index (κ1) is 17.8. The van der Waals surface area contributed by atoms with Gasteiger partial charge in [-0.3, -0.25) is 9.88 Å². The molecule has 0 saturated carbocycles. The molecule has 7 nitrogen and oxygen atoms in total. The number of rotatable bonds is 4. The Morgan fingerprint density at radius 3 is 2.64 bits per heavy atom. The number of aryl methyl sites for hydroxylation is 1. The summed E-state index contributed by atoms with van der Waals surface area (Å²) in [4.78, 5) is 18.5. The fourth-order valence-electron chi connectivity index (χ4n) is 3.10. The third kappa shape index (κ3) is 3.34. The van der Waals surface area contributed by atoms with Gasteiger partial charge in [0.15, 0.2) is 5.82 Å². The minimum Gasteiger partial charge on any atom is -0.360 e. The van der Waals surface area contributed by atoms with Crippen LogP contribution in [0.15, 0.2) is 65.4 Å². The van der Waals surface area contributed by atoms with Crippen molar-refractivity contribution < 1.29 is 9.32 Å². The van der Waals surface area contributed by atoms with Gasteiger partial charge in [-0.1, -0.05) is 29.4 Å². The van der Waals surface area contributed by atoms with E-state index in [1.54, 1.807) is 24.9 Å². The van der Waals surface area contributed by atoms with E-state index in [0.717, 1.165) is 22.3 Å². The van der Waals surface area contributed by atoms with Gasteiger partial charge in [0.25, 0.3) is 0 Å². The van der Waals surface area contributed by atoms with Gasteiger partial charge in [0.1, 0.15) is 12.1 Å². The van der Waals surface area contributed by atoms with Crippen molar-refractivity contribution >= 4 is 22.9 Å². The van der Waals surface area contributed by atoms with Crippen molar-refractivity contribution in [2.45, 2.75) is 19.9 Å². The van der Waals surface area contributed by atoms with E-state index in [1.807, 2.05) is 66.3 Å². The van der Waals surface area contributed by atoms with Gasteiger partial charge in [0.2, 0.25) is 0 Å². The molecule has 4 rings (SSSR count). The lowest BCUT2D eigenvalue weighted by atomic mass is 10.1. The van der Waals surface area contributed by atoms with Crippen molar-refractivity contribution in [3.05, 3.63) is 72.2 Å². The number of benzene rings is 2. The molecule has 142 valence electrons. The molecule has 0 spiro atoms. The highest BCUT2D eigenvalue weighted by molar-refractivity contribution is 5.88.